The third-order valence-corrected chi connectivity index (χ3v) is 2.68. The Morgan fingerprint density at radius 2 is 2.18 bits per heavy atom. The molecule has 1 heterocycles. The molecule has 0 aliphatic carbocycles. The van der Waals surface area contributed by atoms with Crippen LogP contribution in [0.25, 0.3) is 6.08 Å². The number of aryl methyl sites for hydroxylation is 1. The average Bonchev–Trinajstić information content (AvgIpc) is 2.53. The lowest BCUT2D eigenvalue weighted by atomic mass is 10.2. The van der Waals surface area contributed by atoms with Gasteiger partial charge in [-0.2, -0.15) is 0 Å². The number of aldehydes is 1. The number of amides is 1. The van der Waals surface area contributed by atoms with Gasteiger partial charge >= 0.3 is 0 Å². The van der Waals surface area contributed by atoms with Crippen molar-refractivity contribution in [2.24, 2.45) is 0 Å². The Kier molecular flexibility index (Phi) is 4.69. The zero-order valence-corrected chi connectivity index (χ0v) is 10.5. The molecule has 92 valence electrons. The fraction of sp³-hybridized carbons (Fsp3) is 0.385. The van der Waals surface area contributed by atoms with Crippen molar-refractivity contribution in [3.05, 3.63) is 29.1 Å². The first kappa shape index (κ1) is 13.2. The third kappa shape index (κ3) is 3.59. The van der Waals surface area contributed by atoms with Gasteiger partial charge in [0.1, 0.15) is 6.29 Å². The molecule has 0 saturated carbocycles. The molecule has 0 saturated heterocycles. The summed E-state index contributed by atoms with van der Waals surface area (Å²) in [6.07, 6.45) is 4.05. The van der Waals surface area contributed by atoms with Crippen LogP contribution in [0.2, 0.25) is 0 Å². The van der Waals surface area contributed by atoms with Crippen LogP contribution >= 0.6 is 0 Å². The first-order valence-corrected chi connectivity index (χ1v) is 5.59. The molecule has 0 unspecified atom stereocenters. The second kappa shape index (κ2) is 6.03. The minimum absolute atomic E-state index is 0.0199. The number of aromatic nitrogens is 1. The molecule has 4 nitrogen and oxygen atoms in total. The molecule has 0 aliphatic heterocycles. The zero-order chi connectivity index (χ0) is 12.8. The first-order chi connectivity index (χ1) is 8.06. The average molecular weight is 234 g/mol. The highest BCUT2D eigenvalue weighted by atomic mass is 16.1. The van der Waals surface area contributed by atoms with E-state index in [1.807, 2.05) is 19.9 Å². The summed E-state index contributed by atoms with van der Waals surface area (Å²) in [5.41, 5.74) is 3.27. The van der Waals surface area contributed by atoms with Gasteiger partial charge in [0.15, 0.2) is 0 Å². The lowest BCUT2D eigenvalue weighted by Gasteiger charge is -2.09. The van der Waals surface area contributed by atoms with Gasteiger partial charge in [0, 0.05) is 31.4 Å². The minimum Gasteiger partial charge on any atom is -0.355 e. The Morgan fingerprint density at radius 1 is 1.47 bits per heavy atom. The summed E-state index contributed by atoms with van der Waals surface area (Å²) in [6.45, 7) is 6.88. The summed E-state index contributed by atoms with van der Waals surface area (Å²) in [5, 5.41) is 2.77. The third-order valence-electron chi connectivity index (χ3n) is 2.68. The smallest absolute Gasteiger partial charge is 0.216 e. The summed E-state index contributed by atoms with van der Waals surface area (Å²) in [6, 6.07) is 2.03. The van der Waals surface area contributed by atoms with E-state index < -0.39 is 0 Å². The maximum atomic E-state index is 10.8. The number of allylic oxidation sites excluding steroid dienone is 1. The van der Waals surface area contributed by atoms with Crippen molar-refractivity contribution in [2.75, 3.05) is 6.54 Å². The van der Waals surface area contributed by atoms with E-state index in [9.17, 15) is 9.59 Å². The number of hydrogen-bond donors (Lipinski definition) is 1. The van der Waals surface area contributed by atoms with E-state index in [-0.39, 0.29) is 5.91 Å². The molecule has 0 bridgehead atoms. The van der Waals surface area contributed by atoms with Crippen LogP contribution in [0.3, 0.4) is 0 Å². The number of carbonyl (C=O) groups excluding carboxylic acids is 2. The maximum absolute atomic E-state index is 10.8. The van der Waals surface area contributed by atoms with Gasteiger partial charge in [-0.3, -0.25) is 9.59 Å². The Balaban J connectivity index is 2.78. The summed E-state index contributed by atoms with van der Waals surface area (Å²) < 4.78 is 2.13. The highest BCUT2D eigenvalue weighted by Crippen LogP contribution is 2.15. The van der Waals surface area contributed by atoms with E-state index in [1.54, 1.807) is 6.08 Å². The van der Waals surface area contributed by atoms with Crippen molar-refractivity contribution in [1.82, 2.24) is 9.88 Å². The predicted molar refractivity (Wildman–Crippen MR) is 67.7 cm³/mol. The molecule has 1 rings (SSSR count). The van der Waals surface area contributed by atoms with Crippen LogP contribution in [0, 0.1) is 13.8 Å². The van der Waals surface area contributed by atoms with Crippen LogP contribution in [0.4, 0.5) is 0 Å². The molecule has 0 spiro atoms. The minimum atomic E-state index is -0.0199. The molecule has 0 aliphatic rings. The summed E-state index contributed by atoms with van der Waals surface area (Å²) in [5.74, 6) is -0.0199. The van der Waals surface area contributed by atoms with Crippen LogP contribution in [0.5, 0.6) is 0 Å². The van der Waals surface area contributed by atoms with Crippen LogP contribution in [-0.4, -0.2) is 23.3 Å². The van der Waals surface area contributed by atoms with Gasteiger partial charge in [-0.15, -0.1) is 0 Å². The van der Waals surface area contributed by atoms with Crippen molar-refractivity contribution in [3.8, 4) is 0 Å². The molecule has 1 aromatic rings. The predicted octanol–water partition coefficient (Wildman–Crippen LogP) is 1.45. The number of carbonyl (C=O) groups is 2. The van der Waals surface area contributed by atoms with E-state index in [2.05, 4.69) is 9.88 Å². The summed E-state index contributed by atoms with van der Waals surface area (Å²) in [7, 11) is 0. The van der Waals surface area contributed by atoms with E-state index in [4.69, 9.17) is 0 Å². The number of rotatable bonds is 5. The van der Waals surface area contributed by atoms with Crippen molar-refractivity contribution in [1.29, 1.82) is 0 Å². The highest BCUT2D eigenvalue weighted by molar-refractivity contribution is 5.74. The van der Waals surface area contributed by atoms with Gasteiger partial charge in [0.05, 0.1) is 0 Å². The standard InChI is InChI=1S/C13H18N2O2/c1-10-9-13(5-4-8-16)11(2)15(10)7-6-14-12(3)17/h4-5,8-9H,6-7H2,1-3H3,(H,14,17). The van der Waals surface area contributed by atoms with Gasteiger partial charge in [-0.1, -0.05) is 0 Å². The molecular formula is C13H18N2O2. The van der Waals surface area contributed by atoms with E-state index in [0.717, 1.165) is 29.8 Å². The van der Waals surface area contributed by atoms with E-state index >= 15 is 0 Å². The Labute approximate surface area is 101 Å². The number of nitrogens with one attached hydrogen (secondary N) is 1. The van der Waals surface area contributed by atoms with Gasteiger partial charge in [0.25, 0.3) is 0 Å². The topological polar surface area (TPSA) is 51.1 Å². The van der Waals surface area contributed by atoms with E-state index in [1.165, 1.54) is 13.0 Å². The molecule has 0 fully saturated rings. The van der Waals surface area contributed by atoms with Gasteiger partial charge in [-0.05, 0) is 37.6 Å². The molecule has 0 radical (unpaired) electrons. The molecule has 17 heavy (non-hydrogen) atoms. The lowest BCUT2D eigenvalue weighted by molar-refractivity contribution is -0.119. The number of nitrogens with zero attached hydrogens (tertiary/aromatic N) is 1. The largest absolute Gasteiger partial charge is 0.355 e. The Morgan fingerprint density at radius 3 is 2.76 bits per heavy atom. The number of hydrogen-bond acceptors (Lipinski definition) is 2. The lowest BCUT2D eigenvalue weighted by Crippen LogP contribution is -2.25. The zero-order valence-electron chi connectivity index (χ0n) is 10.5. The monoisotopic (exact) mass is 234 g/mol. The van der Waals surface area contributed by atoms with Crippen molar-refractivity contribution >= 4 is 18.3 Å². The van der Waals surface area contributed by atoms with Crippen LogP contribution in [0.1, 0.15) is 23.9 Å². The van der Waals surface area contributed by atoms with Gasteiger partial charge in [0.2, 0.25) is 5.91 Å². The fourth-order valence-corrected chi connectivity index (χ4v) is 1.83. The Bertz CT molecular complexity index is 445. The molecule has 0 atom stereocenters. The molecule has 1 amide bonds. The summed E-state index contributed by atoms with van der Waals surface area (Å²) >= 11 is 0. The maximum Gasteiger partial charge on any atom is 0.216 e. The van der Waals surface area contributed by atoms with Crippen LogP contribution < -0.4 is 5.32 Å². The molecule has 4 heteroatoms. The van der Waals surface area contributed by atoms with Crippen LogP contribution in [0.15, 0.2) is 12.1 Å². The highest BCUT2D eigenvalue weighted by Gasteiger charge is 2.06. The first-order valence-electron chi connectivity index (χ1n) is 5.59. The molecule has 1 aromatic heterocycles. The molecule has 1 N–H and O–H groups in total. The normalized spacial score (nSPS) is 10.8. The SMILES string of the molecule is CC(=O)NCCn1c(C)cc(C=CC=O)c1C. The quantitative estimate of drug-likeness (QED) is 0.619. The summed E-state index contributed by atoms with van der Waals surface area (Å²) in [4.78, 5) is 21.1. The van der Waals surface area contributed by atoms with Gasteiger partial charge in [-0.25, -0.2) is 0 Å². The molecule has 0 aromatic carbocycles. The molecular weight excluding hydrogens is 216 g/mol. The second-order valence-corrected chi connectivity index (χ2v) is 3.96. The second-order valence-electron chi connectivity index (χ2n) is 3.96. The van der Waals surface area contributed by atoms with Gasteiger partial charge < -0.3 is 9.88 Å². The van der Waals surface area contributed by atoms with Crippen molar-refractivity contribution in [2.45, 2.75) is 27.3 Å². The van der Waals surface area contributed by atoms with Crippen molar-refractivity contribution in [3.63, 3.8) is 0 Å². The van der Waals surface area contributed by atoms with E-state index in [0.29, 0.717) is 6.54 Å². The van der Waals surface area contributed by atoms with Crippen molar-refractivity contribution < 1.29 is 9.59 Å². The van der Waals surface area contributed by atoms with Crippen LogP contribution in [-0.2, 0) is 16.1 Å². The Hall–Kier alpha value is -1.84. The fourth-order valence-electron chi connectivity index (χ4n) is 1.83.